The lowest BCUT2D eigenvalue weighted by atomic mass is 9.92. The Morgan fingerprint density at radius 3 is 2.60 bits per heavy atom. The molecule has 1 aliphatic rings. The molecule has 7 nitrogen and oxygen atoms in total. The summed E-state index contributed by atoms with van der Waals surface area (Å²) in [5, 5.41) is 2.73. The number of aryl methyl sites for hydroxylation is 1. The summed E-state index contributed by atoms with van der Waals surface area (Å²) in [4.78, 5) is 37.9. The van der Waals surface area contributed by atoms with E-state index in [-0.39, 0.29) is 18.2 Å². The van der Waals surface area contributed by atoms with Crippen LogP contribution in [0, 0.1) is 6.92 Å². The number of carbonyl (C=O) groups excluding carboxylic acids is 3. The normalized spacial score (nSPS) is 19.9. The lowest BCUT2D eigenvalue weighted by Crippen LogP contribution is -2.40. The van der Waals surface area contributed by atoms with Gasteiger partial charge in [0.05, 0.1) is 13.7 Å². The molecule has 0 unspecified atom stereocenters. The number of esters is 1. The van der Waals surface area contributed by atoms with E-state index in [0.717, 1.165) is 4.90 Å². The van der Waals surface area contributed by atoms with E-state index in [1.165, 1.54) is 7.11 Å². The Kier molecular flexibility index (Phi) is 4.08. The van der Waals surface area contributed by atoms with Crippen molar-refractivity contribution >= 4 is 17.9 Å². The van der Waals surface area contributed by atoms with Crippen molar-refractivity contribution in [1.82, 2.24) is 10.2 Å². The highest BCUT2D eigenvalue weighted by molar-refractivity contribution is 6.07. The number of hydrogen-bond donors (Lipinski definition) is 1. The van der Waals surface area contributed by atoms with E-state index in [1.807, 2.05) is 6.07 Å². The fourth-order valence-electron chi connectivity index (χ4n) is 2.88. The van der Waals surface area contributed by atoms with Gasteiger partial charge in [0.2, 0.25) is 5.76 Å². The number of imide groups is 1. The first-order chi connectivity index (χ1) is 11.9. The van der Waals surface area contributed by atoms with Crippen LogP contribution in [0.5, 0.6) is 0 Å². The number of ether oxygens (including phenoxy) is 1. The van der Waals surface area contributed by atoms with E-state index in [9.17, 15) is 14.4 Å². The van der Waals surface area contributed by atoms with Crippen molar-refractivity contribution < 1.29 is 23.5 Å². The van der Waals surface area contributed by atoms with Crippen LogP contribution in [-0.2, 0) is 21.6 Å². The summed E-state index contributed by atoms with van der Waals surface area (Å²) in [5.74, 6) is -0.582. The predicted octanol–water partition coefficient (Wildman–Crippen LogP) is 2.34. The van der Waals surface area contributed by atoms with Crippen LogP contribution in [0.4, 0.5) is 4.79 Å². The minimum atomic E-state index is -1.13. The van der Waals surface area contributed by atoms with E-state index in [0.29, 0.717) is 16.9 Å². The molecule has 1 saturated heterocycles. The molecule has 3 amide bonds. The van der Waals surface area contributed by atoms with Crippen molar-refractivity contribution in [2.45, 2.75) is 25.9 Å². The number of benzene rings is 1. The van der Waals surface area contributed by atoms with Crippen LogP contribution < -0.4 is 5.32 Å². The van der Waals surface area contributed by atoms with Gasteiger partial charge in [-0.25, -0.2) is 9.59 Å². The van der Waals surface area contributed by atoms with Gasteiger partial charge < -0.3 is 14.5 Å². The Balaban J connectivity index is 1.86. The molecule has 0 bridgehead atoms. The summed E-state index contributed by atoms with van der Waals surface area (Å²) in [7, 11) is 1.26. The van der Waals surface area contributed by atoms with Crippen molar-refractivity contribution in [3.63, 3.8) is 0 Å². The zero-order valence-electron chi connectivity index (χ0n) is 14.2. The minimum Gasteiger partial charge on any atom is -0.463 e. The number of nitrogens with zero attached hydrogens (tertiary/aromatic N) is 1. The molecule has 1 N–H and O–H groups in total. The summed E-state index contributed by atoms with van der Waals surface area (Å²) < 4.78 is 10.1. The first-order valence-corrected chi connectivity index (χ1v) is 7.74. The second-order valence-corrected chi connectivity index (χ2v) is 6.03. The fraction of sp³-hybridized carbons (Fsp3) is 0.278. The fourth-order valence-corrected chi connectivity index (χ4v) is 2.88. The molecule has 7 heteroatoms. The maximum atomic E-state index is 12.8. The molecular weight excluding hydrogens is 324 g/mol. The molecule has 1 aromatic carbocycles. The van der Waals surface area contributed by atoms with Crippen LogP contribution in [0.2, 0.25) is 0 Å². The molecule has 25 heavy (non-hydrogen) atoms. The van der Waals surface area contributed by atoms with Crippen LogP contribution in [0.3, 0.4) is 0 Å². The van der Waals surface area contributed by atoms with Crippen LogP contribution in [0.25, 0.3) is 0 Å². The van der Waals surface area contributed by atoms with Crippen molar-refractivity contribution in [2.75, 3.05) is 7.11 Å². The van der Waals surface area contributed by atoms with Gasteiger partial charge in [-0.15, -0.1) is 0 Å². The third kappa shape index (κ3) is 2.77. The number of urea groups is 1. The van der Waals surface area contributed by atoms with E-state index in [1.54, 1.807) is 44.2 Å². The number of amides is 3. The van der Waals surface area contributed by atoms with Gasteiger partial charge in [-0.05, 0) is 25.5 Å². The van der Waals surface area contributed by atoms with Gasteiger partial charge in [-0.1, -0.05) is 30.3 Å². The Bertz CT molecular complexity index is 842. The van der Waals surface area contributed by atoms with Crippen LogP contribution in [0.15, 0.2) is 40.8 Å². The van der Waals surface area contributed by atoms with Crippen molar-refractivity contribution in [3.8, 4) is 0 Å². The highest BCUT2D eigenvalue weighted by atomic mass is 16.5. The van der Waals surface area contributed by atoms with E-state index < -0.39 is 17.5 Å². The quantitative estimate of drug-likeness (QED) is 0.680. The maximum Gasteiger partial charge on any atom is 0.374 e. The molecule has 2 aromatic rings. The van der Waals surface area contributed by atoms with Gasteiger partial charge in [0.25, 0.3) is 5.91 Å². The van der Waals surface area contributed by atoms with Crippen molar-refractivity contribution in [1.29, 1.82) is 0 Å². The zero-order valence-corrected chi connectivity index (χ0v) is 14.2. The van der Waals surface area contributed by atoms with Gasteiger partial charge in [-0.2, -0.15) is 0 Å². The lowest BCUT2D eigenvalue weighted by molar-refractivity contribution is -0.131. The molecule has 0 radical (unpaired) electrons. The third-order valence-corrected chi connectivity index (χ3v) is 4.28. The number of hydrogen-bond acceptors (Lipinski definition) is 5. The van der Waals surface area contributed by atoms with Crippen LogP contribution >= 0.6 is 0 Å². The van der Waals surface area contributed by atoms with Crippen molar-refractivity contribution in [3.05, 3.63) is 59.0 Å². The number of methoxy groups -OCH3 is 1. The largest absolute Gasteiger partial charge is 0.463 e. The number of furan rings is 1. The smallest absolute Gasteiger partial charge is 0.374 e. The lowest BCUT2D eigenvalue weighted by Gasteiger charge is -2.21. The molecule has 1 fully saturated rings. The first kappa shape index (κ1) is 16.8. The van der Waals surface area contributed by atoms with Gasteiger partial charge in [-0.3, -0.25) is 9.69 Å². The second-order valence-electron chi connectivity index (χ2n) is 6.03. The molecule has 0 saturated carbocycles. The van der Waals surface area contributed by atoms with E-state index in [2.05, 4.69) is 10.1 Å². The third-order valence-electron chi connectivity index (χ3n) is 4.28. The minimum absolute atomic E-state index is 0.0646. The first-order valence-electron chi connectivity index (χ1n) is 7.74. The summed E-state index contributed by atoms with van der Waals surface area (Å²) >= 11 is 0. The van der Waals surface area contributed by atoms with Gasteiger partial charge >= 0.3 is 12.0 Å². The standard InChI is InChI=1S/C18H18N2O5/c1-11-9-13(25-14(11)15(21)24-3)10-20-16(22)18(2,19-17(20)23)12-7-5-4-6-8-12/h4-9H,10H2,1-3H3,(H,19,23)/t18-/m0/s1. The molecule has 2 heterocycles. The molecule has 1 aromatic heterocycles. The van der Waals surface area contributed by atoms with Gasteiger partial charge in [0.1, 0.15) is 11.3 Å². The molecule has 1 aliphatic heterocycles. The molecule has 0 spiro atoms. The molecule has 130 valence electrons. The van der Waals surface area contributed by atoms with E-state index in [4.69, 9.17) is 4.42 Å². The predicted molar refractivity (Wildman–Crippen MR) is 87.7 cm³/mol. The molecular formula is C18H18N2O5. The van der Waals surface area contributed by atoms with Crippen molar-refractivity contribution in [2.24, 2.45) is 0 Å². The van der Waals surface area contributed by atoms with Crippen LogP contribution in [0.1, 0.15) is 34.4 Å². The Morgan fingerprint density at radius 1 is 1.28 bits per heavy atom. The van der Waals surface area contributed by atoms with Crippen LogP contribution in [-0.4, -0.2) is 29.9 Å². The number of carbonyl (C=O) groups is 3. The topological polar surface area (TPSA) is 88.8 Å². The molecule has 3 rings (SSSR count). The zero-order chi connectivity index (χ0) is 18.2. The summed E-state index contributed by atoms with van der Waals surface area (Å²) in [5.41, 5.74) is 0.145. The summed E-state index contributed by atoms with van der Waals surface area (Å²) in [6.07, 6.45) is 0. The number of rotatable bonds is 4. The molecule has 0 aliphatic carbocycles. The molecule has 1 atom stereocenters. The van der Waals surface area contributed by atoms with Gasteiger partial charge in [0.15, 0.2) is 0 Å². The van der Waals surface area contributed by atoms with E-state index >= 15 is 0 Å². The second kappa shape index (κ2) is 6.08. The number of nitrogens with one attached hydrogen (secondary N) is 1. The average molecular weight is 342 g/mol. The average Bonchev–Trinajstić information content (AvgIpc) is 3.08. The summed E-state index contributed by atoms with van der Waals surface area (Å²) in [6, 6.07) is 10.1. The van der Waals surface area contributed by atoms with Gasteiger partial charge in [0, 0.05) is 5.56 Å². The highest BCUT2D eigenvalue weighted by Gasteiger charge is 2.49. The summed E-state index contributed by atoms with van der Waals surface area (Å²) in [6.45, 7) is 3.29. The highest BCUT2D eigenvalue weighted by Crippen LogP contribution is 2.30. The SMILES string of the molecule is COC(=O)c1oc(CN2C(=O)N[C@@](C)(c3ccccc3)C2=O)cc1C. The Hall–Kier alpha value is -3.09. The Morgan fingerprint density at radius 2 is 1.96 bits per heavy atom. The maximum absolute atomic E-state index is 12.8. The Labute approximate surface area is 144 Å². The monoisotopic (exact) mass is 342 g/mol.